The third-order valence-corrected chi connectivity index (χ3v) is 3.13. The summed E-state index contributed by atoms with van der Waals surface area (Å²) in [7, 11) is -4.43. The van der Waals surface area contributed by atoms with E-state index in [9.17, 15) is 14.2 Å². The number of carboxylic acid groups (broad SMARTS) is 1. The molecule has 1 amide bonds. The van der Waals surface area contributed by atoms with E-state index < -0.39 is 31.7 Å². The van der Waals surface area contributed by atoms with Crippen LogP contribution in [0.25, 0.3) is 0 Å². The second kappa shape index (κ2) is 4.95. The molecule has 0 aromatic heterocycles. The number of aliphatic carboxylic acids is 1. The van der Waals surface area contributed by atoms with E-state index in [0.717, 1.165) is 4.90 Å². The first-order valence-corrected chi connectivity index (χ1v) is 6.68. The molecule has 0 spiro atoms. The van der Waals surface area contributed by atoms with E-state index in [0.29, 0.717) is 19.3 Å². The molecule has 0 aromatic carbocycles. The Morgan fingerprint density at radius 3 is 2.44 bits per heavy atom. The van der Waals surface area contributed by atoms with Crippen LogP contribution in [-0.4, -0.2) is 50.4 Å². The molecule has 0 bridgehead atoms. The van der Waals surface area contributed by atoms with E-state index in [2.05, 4.69) is 0 Å². The lowest BCUT2D eigenvalue weighted by Gasteiger charge is -2.32. The Morgan fingerprint density at radius 2 is 1.94 bits per heavy atom. The van der Waals surface area contributed by atoms with Crippen LogP contribution >= 0.6 is 7.60 Å². The summed E-state index contributed by atoms with van der Waals surface area (Å²) in [6, 6.07) is -0.951. The first-order chi connectivity index (χ1) is 7.31. The lowest BCUT2D eigenvalue weighted by molar-refractivity contribution is -0.151. The van der Waals surface area contributed by atoms with Gasteiger partial charge in [-0.25, -0.2) is 4.79 Å². The lowest BCUT2D eigenvalue weighted by atomic mass is 10.0. The van der Waals surface area contributed by atoms with E-state index in [4.69, 9.17) is 14.9 Å². The minimum absolute atomic E-state index is 0.246. The van der Waals surface area contributed by atoms with Crippen LogP contribution < -0.4 is 0 Å². The monoisotopic (exact) mass is 251 g/mol. The molecule has 8 heteroatoms. The molecular formula is C8H14NO6P. The van der Waals surface area contributed by atoms with Crippen LogP contribution in [0.3, 0.4) is 0 Å². The Bertz CT molecular complexity index is 337. The number of carbonyl (C=O) groups excluding carboxylic acids is 1. The number of amides is 1. The number of hydrogen-bond acceptors (Lipinski definition) is 3. The van der Waals surface area contributed by atoms with Gasteiger partial charge in [0.05, 0.1) is 0 Å². The van der Waals surface area contributed by atoms with Crippen molar-refractivity contribution < 1.29 is 29.0 Å². The zero-order chi connectivity index (χ0) is 12.3. The third-order valence-electron chi connectivity index (χ3n) is 2.45. The summed E-state index contributed by atoms with van der Waals surface area (Å²) < 4.78 is 10.7. The first kappa shape index (κ1) is 13.2. The van der Waals surface area contributed by atoms with Crippen molar-refractivity contribution in [2.45, 2.75) is 25.3 Å². The van der Waals surface area contributed by atoms with Crippen LogP contribution in [-0.2, 0) is 14.2 Å². The van der Waals surface area contributed by atoms with Gasteiger partial charge in [-0.2, -0.15) is 0 Å². The van der Waals surface area contributed by atoms with Gasteiger partial charge in [-0.1, -0.05) is 0 Å². The fraction of sp³-hybridized carbons (Fsp3) is 0.750. The van der Waals surface area contributed by atoms with Gasteiger partial charge in [-0.05, 0) is 19.3 Å². The standard InChI is InChI=1S/C8H14NO6P/c10-7(5-16(13,14)15)9-4-2-1-3-6(9)8(11)12/h6H,1-5H2,(H,11,12)(H2,13,14,15)/t6-/m1/s1. The highest BCUT2D eigenvalue weighted by Gasteiger charge is 2.34. The normalized spacial score (nSPS) is 21.9. The smallest absolute Gasteiger partial charge is 0.334 e. The predicted octanol–water partition coefficient (Wildman–Crippen LogP) is -0.370. The van der Waals surface area contributed by atoms with Crippen LogP contribution in [0.2, 0.25) is 0 Å². The molecule has 0 aliphatic carbocycles. The molecule has 1 aliphatic rings. The molecule has 1 atom stereocenters. The van der Waals surface area contributed by atoms with Gasteiger partial charge in [0.25, 0.3) is 0 Å². The average molecular weight is 251 g/mol. The highest BCUT2D eigenvalue weighted by Crippen LogP contribution is 2.35. The van der Waals surface area contributed by atoms with Gasteiger partial charge >= 0.3 is 13.6 Å². The van der Waals surface area contributed by atoms with E-state index in [-0.39, 0.29) is 6.54 Å². The average Bonchev–Trinajstić information content (AvgIpc) is 2.15. The fourth-order valence-electron chi connectivity index (χ4n) is 1.75. The number of carbonyl (C=O) groups is 2. The zero-order valence-electron chi connectivity index (χ0n) is 8.57. The zero-order valence-corrected chi connectivity index (χ0v) is 9.47. The van der Waals surface area contributed by atoms with Gasteiger partial charge in [-0.15, -0.1) is 0 Å². The molecule has 0 unspecified atom stereocenters. The van der Waals surface area contributed by atoms with Crippen LogP contribution in [0.1, 0.15) is 19.3 Å². The van der Waals surface area contributed by atoms with Crippen molar-refractivity contribution in [2.75, 3.05) is 12.7 Å². The topological polar surface area (TPSA) is 115 Å². The second-order valence-electron chi connectivity index (χ2n) is 3.76. The minimum atomic E-state index is -4.43. The van der Waals surface area contributed by atoms with Crippen LogP contribution in [0.5, 0.6) is 0 Å². The van der Waals surface area contributed by atoms with Crippen molar-refractivity contribution in [3.05, 3.63) is 0 Å². The lowest BCUT2D eigenvalue weighted by Crippen LogP contribution is -2.48. The van der Waals surface area contributed by atoms with Crippen molar-refractivity contribution in [3.8, 4) is 0 Å². The van der Waals surface area contributed by atoms with Crippen molar-refractivity contribution in [1.82, 2.24) is 4.90 Å². The number of rotatable bonds is 3. The summed E-state index contributed by atoms with van der Waals surface area (Å²) in [5.74, 6) is -1.92. The van der Waals surface area contributed by atoms with E-state index in [1.165, 1.54) is 0 Å². The van der Waals surface area contributed by atoms with Crippen molar-refractivity contribution in [1.29, 1.82) is 0 Å². The second-order valence-corrected chi connectivity index (χ2v) is 5.41. The SMILES string of the molecule is O=C(O)[C@H]1CCCCN1C(=O)CP(=O)(O)O. The molecule has 0 saturated carbocycles. The number of carboxylic acids is 1. The summed E-state index contributed by atoms with van der Waals surface area (Å²) in [5, 5.41) is 8.87. The molecular weight excluding hydrogens is 237 g/mol. The van der Waals surface area contributed by atoms with Gasteiger partial charge in [0, 0.05) is 6.54 Å². The van der Waals surface area contributed by atoms with Crippen LogP contribution in [0.4, 0.5) is 0 Å². The maximum Gasteiger partial charge on any atom is 0.334 e. The maximum absolute atomic E-state index is 11.5. The third kappa shape index (κ3) is 3.59. The summed E-state index contributed by atoms with van der Waals surface area (Å²) in [6.07, 6.45) is 0.784. The largest absolute Gasteiger partial charge is 0.480 e. The molecule has 1 aliphatic heterocycles. The number of hydrogen-bond donors (Lipinski definition) is 3. The molecule has 1 heterocycles. The summed E-state index contributed by atoms with van der Waals surface area (Å²) in [4.78, 5) is 40.7. The van der Waals surface area contributed by atoms with E-state index >= 15 is 0 Å². The molecule has 0 aromatic rings. The summed E-state index contributed by atoms with van der Waals surface area (Å²) >= 11 is 0. The van der Waals surface area contributed by atoms with Gasteiger partial charge < -0.3 is 19.8 Å². The quantitative estimate of drug-likeness (QED) is 0.589. The molecule has 1 fully saturated rings. The Hall–Kier alpha value is -0.910. The van der Waals surface area contributed by atoms with Crippen molar-refractivity contribution in [3.63, 3.8) is 0 Å². The van der Waals surface area contributed by atoms with Gasteiger partial charge in [0.2, 0.25) is 5.91 Å². The summed E-state index contributed by atoms with van der Waals surface area (Å²) in [5.41, 5.74) is 0. The first-order valence-electron chi connectivity index (χ1n) is 4.88. The molecule has 1 saturated heterocycles. The molecule has 3 N–H and O–H groups in total. The Labute approximate surface area is 92.2 Å². The van der Waals surface area contributed by atoms with E-state index in [1.54, 1.807) is 0 Å². The number of nitrogens with zero attached hydrogens (tertiary/aromatic N) is 1. The molecule has 0 radical (unpaired) electrons. The molecule has 92 valence electrons. The molecule has 16 heavy (non-hydrogen) atoms. The van der Waals surface area contributed by atoms with Crippen molar-refractivity contribution >= 4 is 19.5 Å². The van der Waals surface area contributed by atoms with E-state index in [1.807, 2.05) is 0 Å². The Balaban J connectivity index is 2.72. The number of piperidine rings is 1. The van der Waals surface area contributed by atoms with Gasteiger partial charge in [0.1, 0.15) is 12.2 Å². The molecule has 1 rings (SSSR count). The van der Waals surface area contributed by atoms with Gasteiger partial charge in [0.15, 0.2) is 0 Å². The highest BCUT2D eigenvalue weighted by atomic mass is 31.2. The molecule has 7 nitrogen and oxygen atoms in total. The highest BCUT2D eigenvalue weighted by molar-refractivity contribution is 7.52. The van der Waals surface area contributed by atoms with Crippen molar-refractivity contribution in [2.24, 2.45) is 0 Å². The van der Waals surface area contributed by atoms with Gasteiger partial charge in [-0.3, -0.25) is 9.36 Å². The predicted molar refractivity (Wildman–Crippen MR) is 53.9 cm³/mol. The van der Waals surface area contributed by atoms with Crippen LogP contribution in [0.15, 0.2) is 0 Å². The Kier molecular flexibility index (Phi) is 4.07. The number of likely N-dealkylation sites (tertiary alicyclic amines) is 1. The summed E-state index contributed by atoms with van der Waals surface area (Å²) in [6.45, 7) is 0.246. The van der Waals surface area contributed by atoms with Crippen LogP contribution in [0, 0.1) is 0 Å². The minimum Gasteiger partial charge on any atom is -0.480 e. The maximum atomic E-state index is 11.5. The Morgan fingerprint density at radius 1 is 1.31 bits per heavy atom. The fourth-order valence-corrected chi connectivity index (χ4v) is 2.29.